The molecule has 1 saturated heterocycles. The van der Waals surface area contributed by atoms with Crippen molar-refractivity contribution in [2.24, 2.45) is 5.92 Å². The number of nitrogens with one attached hydrogen (secondary N) is 1. The second kappa shape index (κ2) is 6.46. The average Bonchev–Trinajstić information content (AvgIpc) is 2.46. The van der Waals surface area contributed by atoms with E-state index in [1.165, 1.54) is 0 Å². The van der Waals surface area contributed by atoms with Crippen LogP contribution < -0.4 is 5.32 Å². The highest BCUT2D eigenvalue weighted by atomic mass is 32.2. The highest BCUT2D eigenvalue weighted by molar-refractivity contribution is 7.89. The first-order chi connectivity index (χ1) is 9.86. The topological polar surface area (TPSA) is 49.4 Å². The lowest BCUT2D eigenvalue weighted by Gasteiger charge is -2.35. The van der Waals surface area contributed by atoms with Gasteiger partial charge in [-0.2, -0.15) is 4.31 Å². The van der Waals surface area contributed by atoms with Crippen molar-refractivity contribution in [3.05, 3.63) is 29.8 Å². The summed E-state index contributed by atoms with van der Waals surface area (Å²) < 4.78 is 27.2. The van der Waals surface area contributed by atoms with Crippen LogP contribution in [-0.2, 0) is 10.0 Å². The van der Waals surface area contributed by atoms with Crippen molar-refractivity contribution in [1.29, 1.82) is 0 Å². The third-order valence-electron chi connectivity index (χ3n) is 4.50. The minimum Gasteiger partial charge on any atom is -0.313 e. The molecule has 2 rings (SSSR count). The Bertz CT molecular complexity index is 568. The number of hydrogen-bond acceptors (Lipinski definition) is 3. The summed E-state index contributed by atoms with van der Waals surface area (Å²) in [4.78, 5) is 0.399. The number of benzene rings is 1. The summed E-state index contributed by atoms with van der Waals surface area (Å²) in [6.07, 6.45) is 1.88. The SMILES string of the molecule is CNC(C)c1ccc(S(=O)(=O)N2CCC(C)CC2C)cc1. The predicted octanol–water partition coefficient (Wildman–Crippen LogP) is 2.78. The maximum Gasteiger partial charge on any atom is 0.243 e. The van der Waals surface area contributed by atoms with Crippen LogP contribution in [0.5, 0.6) is 0 Å². The lowest BCUT2D eigenvalue weighted by Crippen LogP contribution is -2.44. The molecule has 0 radical (unpaired) electrons. The van der Waals surface area contributed by atoms with E-state index < -0.39 is 10.0 Å². The van der Waals surface area contributed by atoms with E-state index in [4.69, 9.17) is 0 Å². The standard InChI is InChI=1S/C16H26N2O2S/c1-12-9-10-18(13(2)11-12)21(19,20)16-7-5-15(6-8-16)14(3)17-4/h5-8,12-14,17H,9-11H2,1-4H3. The molecule has 3 atom stereocenters. The van der Waals surface area contributed by atoms with Gasteiger partial charge in [-0.25, -0.2) is 8.42 Å². The van der Waals surface area contributed by atoms with Gasteiger partial charge in [0.25, 0.3) is 0 Å². The zero-order valence-electron chi connectivity index (χ0n) is 13.3. The van der Waals surface area contributed by atoms with Gasteiger partial charge in [-0.3, -0.25) is 0 Å². The monoisotopic (exact) mass is 310 g/mol. The van der Waals surface area contributed by atoms with Crippen LogP contribution in [-0.4, -0.2) is 32.4 Å². The van der Waals surface area contributed by atoms with Crippen LogP contribution in [0.15, 0.2) is 29.2 Å². The summed E-state index contributed by atoms with van der Waals surface area (Å²) in [5, 5.41) is 3.15. The molecule has 3 unspecified atom stereocenters. The molecule has 0 bridgehead atoms. The number of hydrogen-bond donors (Lipinski definition) is 1. The number of rotatable bonds is 4. The Hall–Kier alpha value is -0.910. The van der Waals surface area contributed by atoms with Crippen LogP contribution in [0.1, 0.15) is 45.2 Å². The summed E-state index contributed by atoms with van der Waals surface area (Å²) >= 11 is 0. The maximum absolute atomic E-state index is 12.8. The van der Waals surface area contributed by atoms with Gasteiger partial charge >= 0.3 is 0 Å². The van der Waals surface area contributed by atoms with Crippen molar-refractivity contribution >= 4 is 10.0 Å². The molecule has 118 valence electrons. The van der Waals surface area contributed by atoms with Gasteiger partial charge < -0.3 is 5.32 Å². The summed E-state index contributed by atoms with van der Waals surface area (Å²) in [7, 11) is -1.48. The van der Waals surface area contributed by atoms with Crippen molar-refractivity contribution in [1.82, 2.24) is 9.62 Å². The molecule has 0 spiro atoms. The molecule has 0 aliphatic carbocycles. The average molecular weight is 310 g/mol. The largest absolute Gasteiger partial charge is 0.313 e. The molecule has 1 N–H and O–H groups in total. The van der Waals surface area contributed by atoms with E-state index >= 15 is 0 Å². The molecule has 0 saturated carbocycles. The fraction of sp³-hybridized carbons (Fsp3) is 0.625. The number of nitrogens with zero attached hydrogens (tertiary/aromatic N) is 1. The van der Waals surface area contributed by atoms with Crippen molar-refractivity contribution < 1.29 is 8.42 Å². The van der Waals surface area contributed by atoms with Crippen LogP contribution in [0.25, 0.3) is 0 Å². The van der Waals surface area contributed by atoms with Gasteiger partial charge in [0, 0.05) is 18.6 Å². The zero-order chi connectivity index (χ0) is 15.6. The normalized spacial score (nSPS) is 25.7. The molecule has 1 aromatic carbocycles. The summed E-state index contributed by atoms with van der Waals surface area (Å²) in [6.45, 7) is 6.87. The third kappa shape index (κ3) is 3.47. The Labute approximate surface area is 128 Å². The first-order valence-corrected chi connectivity index (χ1v) is 9.09. The van der Waals surface area contributed by atoms with Crippen LogP contribution in [0, 0.1) is 5.92 Å². The minimum absolute atomic E-state index is 0.0784. The molecule has 1 aliphatic rings. The van der Waals surface area contributed by atoms with Crippen LogP contribution in [0.3, 0.4) is 0 Å². The van der Waals surface area contributed by atoms with Gasteiger partial charge in [-0.05, 0) is 57.4 Å². The van der Waals surface area contributed by atoms with E-state index in [9.17, 15) is 8.42 Å². The minimum atomic E-state index is -3.37. The van der Waals surface area contributed by atoms with Gasteiger partial charge in [-0.1, -0.05) is 19.1 Å². The molecule has 0 amide bonds. The Morgan fingerprint density at radius 1 is 1.24 bits per heavy atom. The molecule has 1 fully saturated rings. The maximum atomic E-state index is 12.8. The van der Waals surface area contributed by atoms with Gasteiger partial charge in [0.2, 0.25) is 10.0 Å². The molecule has 21 heavy (non-hydrogen) atoms. The second-order valence-corrected chi connectivity index (χ2v) is 8.06. The van der Waals surface area contributed by atoms with Crippen molar-refractivity contribution in [2.75, 3.05) is 13.6 Å². The van der Waals surface area contributed by atoms with Gasteiger partial charge in [0.05, 0.1) is 4.90 Å². The molecule has 1 aliphatic heterocycles. The smallest absolute Gasteiger partial charge is 0.243 e. The van der Waals surface area contributed by atoms with Gasteiger partial charge in [-0.15, -0.1) is 0 Å². The lowest BCUT2D eigenvalue weighted by atomic mass is 9.95. The third-order valence-corrected chi connectivity index (χ3v) is 6.52. The second-order valence-electron chi connectivity index (χ2n) is 6.17. The fourth-order valence-electron chi connectivity index (χ4n) is 2.97. The summed E-state index contributed by atoms with van der Waals surface area (Å²) in [5.41, 5.74) is 1.09. The molecular weight excluding hydrogens is 284 g/mol. The summed E-state index contributed by atoms with van der Waals surface area (Å²) in [5.74, 6) is 0.602. The molecule has 0 aromatic heterocycles. The molecule has 1 heterocycles. The Morgan fingerprint density at radius 2 is 1.86 bits per heavy atom. The lowest BCUT2D eigenvalue weighted by molar-refractivity contribution is 0.220. The molecule has 4 nitrogen and oxygen atoms in total. The van der Waals surface area contributed by atoms with Crippen LogP contribution in [0.4, 0.5) is 0 Å². The number of sulfonamides is 1. The van der Waals surface area contributed by atoms with Crippen molar-refractivity contribution in [3.8, 4) is 0 Å². The first-order valence-electron chi connectivity index (χ1n) is 7.65. The predicted molar refractivity (Wildman–Crippen MR) is 85.7 cm³/mol. The van der Waals surface area contributed by atoms with E-state index in [2.05, 4.69) is 19.2 Å². The molecule has 1 aromatic rings. The first kappa shape index (κ1) is 16.5. The van der Waals surface area contributed by atoms with Crippen molar-refractivity contribution in [2.45, 2.75) is 50.6 Å². The zero-order valence-corrected chi connectivity index (χ0v) is 14.2. The fourth-order valence-corrected chi connectivity index (χ4v) is 4.63. The highest BCUT2D eigenvalue weighted by Crippen LogP contribution is 2.28. The van der Waals surface area contributed by atoms with E-state index in [1.54, 1.807) is 16.4 Å². The van der Waals surface area contributed by atoms with Crippen LogP contribution in [0.2, 0.25) is 0 Å². The molecule has 5 heteroatoms. The Kier molecular flexibility index (Phi) is 5.07. The molecular formula is C16H26N2O2S. The van der Waals surface area contributed by atoms with E-state index in [0.717, 1.165) is 18.4 Å². The highest BCUT2D eigenvalue weighted by Gasteiger charge is 2.33. The van der Waals surface area contributed by atoms with E-state index in [0.29, 0.717) is 17.4 Å². The Balaban J connectivity index is 2.23. The van der Waals surface area contributed by atoms with E-state index in [1.807, 2.05) is 26.1 Å². The van der Waals surface area contributed by atoms with Crippen molar-refractivity contribution in [3.63, 3.8) is 0 Å². The number of piperidine rings is 1. The van der Waals surface area contributed by atoms with Crippen LogP contribution >= 0.6 is 0 Å². The van der Waals surface area contributed by atoms with Gasteiger partial charge in [0.15, 0.2) is 0 Å². The van der Waals surface area contributed by atoms with E-state index in [-0.39, 0.29) is 12.1 Å². The summed E-state index contributed by atoms with van der Waals surface area (Å²) in [6, 6.07) is 7.54. The Morgan fingerprint density at radius 3 is 2.38 bits per heavy atom. The van der Waals surface area contributed by atoms with Gasteiger partial charge in [0.1, 0.15) is 0 Å². The quantitative estimate of drug-likeness (QED) is 0.930.